The summed E-state index contributed by atoms with van der Waals surface area (Å²) in [6.07, 6.45) is -0.612. The van der Waals surface area contributed by atoms with Gasteiger partial charge in [-0.05, 0) is 18.7 Å². The third-order valence-corrected chi connectivity index (χ3v) is 2.37. The van der Waals surface area contributed by atoms with Gasteiger partial charge < -0.3 is 10.6 Å². The van der Waals surface area contributed by atoms with E-state index < -0.39 is 35.2 Å². The van der Waals surface area contributed by atoms with Gasteiger partial charge in [0.1, 0.15) is 0 Å². The summed E-state index contributed by atoms with van der Waals surface area (Å²) in [5, 5.41) is 0. The second-order valence-electron chi connectivity index (χ2n) is 3.90. The van der Waals surface area contributed by atoms with Crippen molar-refractivity contribution in [2.24, 2.45) is 5.73 Å². The molecule has 1 aromatic rings. The van der Waals surface area contributed by atoms with Crippen molar-refractivity contribution in [3.8, 4) is 0 Å². The van der Waals surface area contributed by atoms with Gasteiger partial charge in [0, 0.05) is 26.1 Å². The highest BCUT2D eigenvalue weighted by molar-refractivity contribution is 5.56. The van der Waals surface area contributed by atoms with Crippen LogP contribution in [0, 0.1) is 11.6 Å². The molecule has 0 atom stereocenters. The molecule has 17 heavy (non-hydrogen) atoms. The van der Waals surface area contributed by atoms with Crippen LogP contribution >= 0.6 is 0 Å². The van der Waals surface area contributed by atoms with Crippen LogP contribution in [0.4, 0.5) is 23.2 Å². The lowest BCUT2D eigenvalue weighted by molar-refractivity contribution is -0.0105. The van der Waals surface area contributed by atoms with Gasteiger partial charge in [0.15, 0.2) is 11.6 Å². The molecular weight excluding hydrogens is 236 g/mol. The zero-order chi connectivity index (χ0) is 13.2. The third-order valence-electron chi connectivity index (χ3n) is 2.37. The van der Waals surface area contributed by atoms with E-state index in [9.17, 15) is 17.6 Å². The van der Waals surface area contributed by atoms with Crippen LogP contribution in [-0.2, 0) is 5.92 Å². The predicted molar refractivity (Wildman–Crippen MR) is 58.3 cm³/mol. The topological polar surface area (TPSA) is 29.3 Å². The summed E-state index contributed by atoms with van der Waals surface area (Å²) >= 11 is 0. The number of hydrogen-bond acceptors (Lipinski definition) is 2. The van der Waals surface area contributed by atoms with Gasteiger partial charge in [0.05, 0.1) is 5.69 Å². The summed E-state index contributed by atoms with van der Waals surface area (Å²) in [6, 6.07) is 1.59. The first-order chi connectivity index (χ1) is 7.81. The molecule has 0 saturated carbocycles. The standard InChI is InChI=1S/C11H14F4N2/c1-17(2)10-7(11(14,15)5-6-16)3-4-8(12)9(10)13/h3-4H,5-6,16H2,1-2H3. The van der Waals surface area contributed by atoms with E-state index in [0.29, 0.717) is 6.07 Å². The SMILES string of the molecule is CN(C)c1c(C(F)(F)CCN)ccc(F)c1F. The lowest BCUT2D eigenvalue weighted by Gasteiger charge is -2.24. The summed E-state index contributed by atoms with van der Waals surface area (Å²) in [5.74, 6) is -5.70. The lowest BCUT2D eigenvalue weighted by Crippen LogP contribution is -2.24. The van der Waals surface area contributed by atoms with Crippen LogP contribution in [-0.4, -0.2) is 20.6 Å². The molecule has 0 fully saturated rings. The Morgan fingerprint density at radius 1 is 1.24 bits per heavy atom. The molecule has 2 nitrogen and oxygen atoms in total. The van der Waals surface area contributed by atoms with Crippen LogP contribution in [0.25, 0.3) is 0 Å². The predicted octanol–water partition coefficient (Wildman–Crippen LogP) is 2.47. The molecule has 6 heteroatoms. The maximum Gasteiger partial charge on any atom is 0.276 e. The molecule has 0 bridgehead atoms. The molecule has 0 aliphatic rings. The smallest absolute Gasteiger partial charge is 0.276 e. The Balaban J connectivity index is 3.38. The summed E-state index contributed by atoms with van der Waals surface area (Å²) < 4.78 is 53.9. The largest absolute Gasteiger partial charge is 0.375 e. The second kappa shape index (κ2) is 4.91. The number of nitrogens with zero attached hydrogens (tertiary/aromatic N) is 1. The normalized spacial score (nSPS) is 11.7. The van der Waals surface area contributed by atoms with Gasteiger partial charge in [-0.3, -0.25) is 0 Å². The Hall–Kier alpha value is -1.30. The number of anilines is 1. The minimum Gasteiger partial charge on any atom is -0.375 e. The van der Waals surface area contributed by atoms with Crippen molar-refractivity contribution in [1.82, 2.24) is 0 Å². The van der Waals surface area contributed by atoms with Crippen molar-refractivity contribution in [3.05, 3.63) is 29.3 Å². The highest BCUT2D eigenvalue weighted by atomic mass is 19.3. The number of hydrogen-bond donors (Lipinski definition) is 1. The van der Waals surface area contributed by atoms with E-state index in [1.54, 1.807) is 0 Å². The first kappa shape index (κ1) is 13.8. The third kappa shape index (κ3) is 2.69. The summed E-state index contributed by atoms with van der Waals surface area (Å²) in [4.78, 5) is 1.12. The number of halogens is 4. The van der Waals surface area contributed by atoms with E-state index in [1.807, 2.05) is 0 Å². The van der Waals surface area contributed by atoms with E-state index in [4.69, 9.17) is 5.73 Å². The lowest BCUT2D eigenvalue weighted by atomic mass is 10.0. The Labute approximate surface area is 97.0 Å². The molecule has 0 saturated heterocycles. The van der Waals surface area contributed by atoms with E-state index in [2.05, 4.69) is 0 Å². The molecular formula is C11H14F4N2. The Kier molecular flexibility index (Phi) is 3.98. The fraction of sp³-hybridized carbons (Fsp3) is 0.455. The highest BCUT2D eigenvalue weighted by Gasteiger charge is 2.35. The van der Waals surface area contributed by atoms with Gasteiger partial charge >= 0.3 is 0 Å². The summed E-state index contributed by atoms with van der Waals surface area (Å²) in [7, 11) is 2.75. The zero-order valence-corrected chi connectivity index (χ0v) is 9.61. The molecule has 0 aromatic heterocycles. The summed E-state index contributed by atoms with van der Waals surface area (Å²) in [5.41, 5.74) is 4.09. The van der Waals surface area contributed by atoms with Crippen LogP contribution in [0.5, 0.6) is 0 Å². The van der Waals surface area contributed by atoms with Crippen LogP contribution in [0.3, 0.4) is 0 Å². The molecule has 0 amide bonds. The monoisotopic (exact) mass is 250 g/mol. The molecule has 96 valence electrons. The van der Waals surface area contributed by atoms with E-state index in [0.717, 1.165) is 11.0 Å². The molecule has 2 N–H and O–H groups in total. The van der Waals surface area contributed by atoms with Crippen molar-refractivity contribution >= 4 is 5.69 Å². The quantitative estimate of drug-likeness (QED) is 0.832. The Morgan fingerprint density at radius 2 is 1.82 bits per heavy atom. The molecule has 1 rings (SSSR count). The molecule has 0 spiro atoms. The van der Waals surface area contributed by atoms with Gasteiger partial charge in [-0.1, -0.05) is 0 Å². The number of nitrogens with two attached hydrogens (primary N) is 1. The molecule has 0 heterocycles. The molecule has 0 aliphatic carbocycles. The second-order valence-corrected chi connectivity index (χ2v) is 3.90. The van der Waals surface area contributed by atoms with E-state index in [1.165, 1.54) is 14.1 Å². The molecule has 0 aliphatic heterocycles. The van der Waals surface area contributed by atoms with Crippen molar-refractivity contribution in [2.45, 2.75) is 12.3 Å². The average molecular weight is 250 g/mol. The van der Waals surface area contributed by atoms with Gasteiger partial charge in [-0.25, -0.2) is 17.6 Å². The fourth-order valence-corrected chi connectivity index (χ4v) is 1.59. The van der Waals surface area contributed by atoms with E-state index >= 15 is 0 Å². The number of alkyl halides is 2. The Morgan fingerprint density at radius 3 is 2.29 bits per heavy atom. The zero-order valence-electron chi connectivity index (χ0n) is 9.61. The van der Waals surface area contributed by atoms with Crippen LogP contribution < -0.4 is 10.6 Å². The fourth-order valence-electron chi connectivity index (χ4n) is 1.59. The maximum atomic E-state index is 13.7. The molecule has 0 radical (unpaired) electrons. The van der Waals surface area contributed by atoms with Gasteiger partial charge in [-0.2, -0.15) is 0 Å². The average Bonchev–Trinajstić information content (AvgIpc) is 2.20. The van der Waals surface area contributed by atoms with Crippen molar-refractivity contribution < 1.29 is 17.6 Å². The Bertz CT molecular complexity index is 405. The van der Waals surface area contributed by atoms with Crippen molar-refractivity contribution in [1.29, 1.82) is 0 Å². The maximum absolute atomic E-state index is 13.7. The molecule has 0 unspecified atom stereocenters. The minimum absolute atomic E-state index is 0.237. The van der Waals surface area contributed by atoms with Gasteiger partial charge in [-0.15, -0.1) is 0 Å². The van der Waals surface area contributed by atoms with Crippen LogP contribution in [0.2, 0.25) is 0 Å². The summed E-state index contributed by atoms with van der Waals surface area (Å²) in [6.45, 7) is -0.237. The van der Waals surface area contributed by atoms with Crippen molar-refractivity contribution in [2.75, 3.05) is 25.5 Å². The van der Waals surface area contributed by atoms with Crippen molar-refractivity contribution in [3.63, 3.8) is 0 Å². The highest BCUT2D eigenvalue weighted by Crippen LogP contribution is 2.39. The van der Waals surface area contributed by atoms with Gasteiger partial charge in [0.2, 0.25) is 0 Å². The van der Waals surface area contributed by atoms with Crippen LogP contribution in [0.1, 0.15) is 12.0 Å². The van der Waals surface area contributed by atoms with Gasteiger partial charge in [0.25, 0.3) is 5.92 Å². The number of benzene rings is 1. The molecule has 1 aromatic carbocycles. The number of rotatable bonds is 4. The minimum atomic E-state index is -3.27. The first-order valence-electron chi connectivity index (χ1n) is 5.05. The van der Waals surface area contributed by atoms with E-state index in [-0.39, 0.29) is 6.54 Å². The first-order valence-corrected chi connectivity index (χ1v) is 5.05. The van der Waals surface area contributed by atoms with Crippen LogP contribution in [0.15, 0.2) is 12.1 Å².